The van der Waals surface area contributed by atoms with Crippen LogP contribution in [0.4, 0.5) is 0 Å². The molecule has 1 aromatic heterocycles. The number of benzene rings is 2. The van der Waals surface area contributed by atoms with Gasteiger partial charge in [0.25, 0.3) is 0 Å². The molecule has 0 amide bonds. The van der Waals surface area contributed by atoms with Gasteiger partial charge in [0.15, 0.2) is 5.43 Å². The second-order valence-corrected chi connectivity index (χ2v) is 9.74. The lowest BCUT2D eigenvalue weighted by Crippen LogP contribution is -2.34. The molecule has 32 heavy (non-hydrogen) atoms. The largest absolute Gasteiger partial charge is 0.428 e. The van der Waals surface area contributed by atoms with Crippen molar-refractivity contribution >= 4 is 51.4 Å². The Morgan fingerprint density at radius 3 is 2.41 bits per heavy atom. The third-order valence-corrected chi connectivity index (χ3v) is 7.17. The summed E-state index contributed by atoms with van der Waals surface area (Å²) in [4.78, 5) is 13.6. The molecule has 5 rings (SSSR count). The molecule has 8 heteroatoms. The molecule has 2 heterocycles. The van der Waals surface area contributed by atoms with Crippen LogP contribution in [-0.4, -0.2) is 33.7 Å². The average molecular weight is 491 g/mol. The molecule has 1 aliphatic heterocycles. The van der Waals surface area contributed by atoms with Gasteiger partial charge in [-0.3, -0.25) is 9.80 Å². The first-order valence-corrected chi connectivity index (χ1v) is 11.9. The van der Waals surface area contributed by atoms with Crippen molar-refractivity contribution in [3.05, 3.63) is 78.5 Å². The second-order valence-electron chi connectivity index (χ2n) is 8.46. The molecular formula is C24H22Cl3N3O2. The molecule has 3 aromatic rings. The summed E-state index contributed by atoms with van der Waals surface area (Å²) < 4.78 is 1.12. The summed E-state index contributed by atoms with van der Waals surface area (Å²) in [7, 11) is 0. The zero-order chi connectivity index (χ0) is 22.4. The van der Waals surface area contributed by atoms with Crippen LogP contribution in [0.15, 0.2) is 46.3 Å². The van der Waals surface area contributed by atoms with E-state index in [1.54, 1.807) is 24.3 Å². The molecule has 0 saturated carbocycles. The molecule has 1 atom stereocenters. The highest BCUT2D eigenvalue weighted by atomic mass is 35.5. The number of piperidine rings is 1. The predicted octanol–water partition coefficient (Wildman–Crippen LogP) is 6.12. The van der Waals surface area contributed by atoms with E-state index in [-0.39, 0.29) is 11.3 Å². The van der Waals surface area contributed by atoms with Gasteiger partial charge >= 0.3 is 0 Å². The molecule has 1 fully saturated rings. The average Bonchev–Trinajstić information content (AvgIpc) is 2.78. The number of hydrazone groups is 1. The number of fused-ring (bicyclic) bond motifs is 2. The fourth-order valence-corrected chi connectivity index (χ4v) is 5.55. The van der Waals surface area contributed by atoms with Crippen molar-refractivity contribution in [1.82, 2.24) is 9.74 Å². The number of hydrogen-bond donors (Lipinski definition) is 1. The maximum atomic E-state index is 13.6. The van der Waals surface area contributed by atoms with Gasteiger partial charge in [0.1, 0.15) is 0 Å². The third kappa shape index (κ3) is 3.87. The Morgan fingerprint density at radius 1 is 0.938 bits per heavy atom. The van der Waals surface area contributed by atoms with Crippen LogP contribution in [0.3, 0.4) is 0 Å². The minimum atomic E-state index is -0.154. The highest BCUT2D eigenvalue weighted by Gasteiger charge is 2.32. The van der Waals surface area contributed by atoms with Crippen LogP contribution in [0.2, 0.25) is 15.1 Å². The SMILES string of the molecule is O=c1c2c(n(O)c3ccc(Cl)cc13)CC(c1ccc(Cl)cc1Cl)CC2=NN1CCCCC1. The Balaban J connectivity index is 1.71. The quantitative estimate of drug-likeness (QED) is 0.440. The smallest absolute Gasteiger partial charge is 0.199 e. The number of nitrogens with zero attached hydrogens (tertiary/aromatic N) is 3. The predicted molar refractivity (Wildman–Crippen MR) is 130 cm³/mol. The minimum absolute atomic E-state index is 0.0432. The second kappa shape index (κ2) is 8.62. The Hall–Kier alpha value is -2.21. The zero-order valence-electron chi connectivity index (χ0n) is 17.3. The van der Waals surface area contributed by atoms with Crippen LogP contribution < -0.4 is 5.43 Å². The van der Waals surface area contributed by atoms with Crippen molar-refractivity contribution in [1.29, 1.82) is 0 Å². The fourth-order valence-electron chi connectivity index (χ4n) is 4.81. The minimum Gasteiger partial charge on any atom is -0.428 e. The van der Waals surface area contributed by atoms with Gasteiger partial charge in [-0.15, -0.1) is 0 Å². The Bertz CT molecular complexity index is 1300. The molecule has 1 aliphatic carbocycles. The van der Waals surface area contributed by atoms with Crippen molar-refractivity contribution in [3.63, 3.8) is 0 Å². The van der Waals surface area contributed by atoms with Gasteiger partial charge < -0.3 is 5.21 Å². The standard InChI is InChI=1S/C24H22Cl3N3O2/c25-15-5-7-21-18(12-15)24(31)23-20(28-29-8-2-1-3-9-29)10-14(11-22(23)30(21)32)17-6-4-16(26)13-19(17)27/h4-7,12-14,32H,1-3,8-11H2. The molecule has 2 aromatic carbocycles. The van der Waals surface area contributed by atoms with E-state index in [4.69, 9.17) is 39.9 Å². The van der Waals surface area contributed by atoms with Crippen molar-refractivity contribution in [2.24, 2.45) is 5.10 Å². The van der Waals surface area contributed by atoms with Crippen LogP contribution >= 0.6 is 34.8 Å². The molecule has 0 spiro atoms. The number of pyridine rings is 1. The first kappa shape index (κ1) is 21.6. The van der Waals surface area contributed by atoms with Crippen molar-refractivity contribution in [2.75, 3.05) is 13.1 Å². The van der Waals surface area contributed by atoms with E-state index in [0.717, 1.165) is 36.2 Å². The lowest BCUT2D eigenvalue weighted by molar-refractivity contribution is 0.185. The van der Waals surface area contributed by atoms with Crippen LogP contribution in [-0.2, 0) is 6.42 Å². The number of halogens is 3. The van der Waals surface area contributed by atoms with Crippen LogP contribution in [0.25, 0.3) is 10.9 Å². The van der Waals surface area contributed by atoms with Gasteiger partial charge in [-0.2, -0.15) is 9.83 Å². The summed E-state index contributed by atoms with van der Waals surface area (Å²) in [6.07, 6.45) is 4.35. The van der Waals surface area contributed by atoms with E-state index in [2.05, 4.69) is 0 Å². The third-order valence-electron chi connectivity index (χ3n) is 6.37. The fraction of sp³-hybridized carbons (Fsp3) is 0.333. The van der Waals surface area contributed by atoms with Gasteiger partial charge in [-0.1, -0.05) is 40.9 Å². The van der Waals surface area contributed by atoms with Gasteiger partial charge in [-0.25, -0.2) is 0 Å². The summed E-state index contributed by atoms with van der Waals surface area (Å²) >= 11 is 18.8. The molecule has 1 unspecified atom stereocenters. The van der Waals surface area contributed by atoms with Crippen LogP contribution in [0, 0.1) is 0 Å². The van der Waals surface area contributed by atoms with Crippen molar-refractivity contribution < 1.29 is 5.21 Å². The summed E-state index contributed by atoms with van der Waals surface area (Å²) in [5, 5.41) is 20.1. The van der Waals surface area contributed by atoms with Gasteiger partial charge in [0.05, 0.1) is 27.9 Å². The number of aromatic nitrogens is 1. The Kier molecular flexibility index (Phi) is 5.82. The first-order chi connectivity index (χ1) is 15.4. The monoisotopic (exact) mass is 489 g/mol. The topological polar surface area (TPSA) is 57.8 Å². The maximum Gasteiger partial charge on any atom is 0.199 e. The van der Waals surface area contributed by atoms with Gasteiger partial charge in [-0.05, 0) is 73.9 Å². The van der Waals surface area contributed by atoms with E-state index in [1.807, 2.05) is 17.1 Å². The van der Waals surface area contributed by atoms with Crippen LogP contribution in [0.5, 0.6) is 0 Å². The molecular weight excluding hydrogens is 469 g/mol. The molecule has 0 bridgehead atoms. The lowest BCUT2D eigenvalue weighted by Gasteiger charge is -2.31. The number of hydrogen-bond acceptors (Lipinski definition) is 4. The van der Waals surface area contributed by atoms with E-state index in [1.165, 1.54) is 6.42 Å². The van der Waals surface area contributed by atoms with Gasteiger partial charge in [0, 0.05) is 28.2 Å². The van der Waals surface area contributed by atoms with Crippen molar-refractivity contribution in [2.45, 2.75) is 38.0 Å². The van der Waals surface area contributed by atoms with E-state index in [9.17, 15) is 10.0 Å². The Morgan fingerprint density at radius 2 is 1.66 bits per heavy atom. The number of rotatable bonds is 2. The summed E-state index contributed by atoms with van der Waals surface area (Å²) in [5.41, 5.74) is 2.89. The van der Waals surface area contributed by atoms with Crippen LogP contribution in [0.1, 0.15) is 48.4 Å². The summed E-state index contributed by atoms with van der Waals surface area (Å²) in [6.45, 7) is 1.72. The molecule has 166 valence electrons. The summed E-state index contributed by atoms with van der Waals surface area (Å²) in [5.74, 6) is -0.0432. The molecule has 1 N–H and O–H groups in total. The molecule has 0 radical (unpaired) electrons. The highest BCUT2D eigenvalue weighted by Crippen LogP contribution is 2.37. The molecule has 1 saturated heterocycles. The molecule has 2 aliphatic rings. The first-order valence-electron chi connectivity index (χ1n) is 10.8. The van der Waals surface area contributed by atoms with E-state index in [0.29, 0.717) is 55.8 Å². The van der Waals surface area contributed by atoms with Crippen molar-refractivity contribution in [3.8, 4) is 0 Å². The normalized spacial score (nSPS) is 20.0. The Labute approximate surface area is 200 Å². The maximum absolute atomic E-state index is 13.6. The zero-order valence-corrected chi connectivity index (χ0v) is 19.6. The lowest BCUT2D eigenvalue weighted by atomic mass is 9.80. The van der Waals surface area contributed by atoms with E-state index >= 15 is 0 Å². The summed E-state index contributed by atoms with van der Waals surface area (Å²) in [6, 6.07) is 10.4. The highest BCUT2D eigenvalue weighted by molar-refractivity contribution is 6.35. The molecule has 5 nitrogen and oxygen atoms in total. The van der Waals surface area contributed by atoms with Gasteiger partial charge in [0.2, 0.25) is 0 Å². The van der Waals surface area contributed by atoms with E-state index < -0.39 is 0 Å².